The van der Waals surface area contributed by atoms with Crippen molar-refractivity contribution in [1.82, 2.24) is 4.90 Å². The Balaban J connectivity index is 2.07. The van der Waals surface area contributed by atoms with Crippen molar-refractivity contribution >= 4 is 17.3 Å². The zero-order chi connectivity index (χ0) is 14.0. The molecule has 1 fully saturated rings. The summed E-state index contributed by atoms with van der Waals surface area (Å²) in [5.41, 5.74) is 6.95. The zero-order valence-electron chi connectivity index (χ0n) is 11.6. The molecule has 0 aliphatic heterocycles. The summed E-state index contributed by atoms with van der Waals surface area (Å²) < 4.78 is 5.22. The number of nitrogen functional groups attached to an aromatic ring is 1. The van der Waals surface area contributed by atoms with Crippen molar-refractivity contribution in [2.75, 3.05) is 25.2 Å². The van der Waals surface area contributed by atoms with Gasteiger partial charge in [0.15, 0.2) is 0 Å². The normalized spacial score (nSPS) is 16.2. The Bertz CT molecular complexity index is 472. The molecule has 1 aliphatic carbocycles. The third-order valence-corrected chi connectivity index (χ3v) is 3.59. The summed E-state index contributed by atoms with van der Waals surface area (Å²) in [7, 11) is 3.55. The maximum atomic E-state index is 12.2. The van der Waals surface area contributed by atoms with E-state index >= 15 is 0 Å². The SMILES string of the molecule is COc1ccc(N)cc1NC(=O)C(C)N(C)C1CC1. The summed E-state index contributed by atoms with van der Waals surface area (Å²) in [4.78, 5) is 14.3. The molecule has 1 atom stereocenters. The molecular weight excluding hydrogens is 242 g/mol. The Labute approximate surface area is 113 Å². The first-order valence-electron chi connectivity index (χ1n) is 6.49. The summed E-state index contributed by atoms with van der Waals surface area (Å²) in [5.74, 6) is 0.571. The number of nitrogens with two attached hydrogens (primary N) is 1. The van der Waals surface area contributed by atoms with E-state index < -0.39 is 0 Å². The van der Waals surface area contributed by atoms with Crippen molar-refractivity contribution < 1.29 is 9.53 Å². The molecule has 0 spiro atoms. The molecule has 1 saturated carbocycles. The molecule has 104 valence electrons. The molecule has 5 nitrogen and oxygen atoms in total. The van der Waals surface area contributed by atoms with Gasteiger partial charge in [0.05, 0.1) is 18.8 Å². The summed E-state index contributed by atoms with van der Waals surface area (Å²) >= 11 is 0. The van der Waals surface area contributed by atoms with Crippen LogP contribution in [0.2, 0.25) is 0 Å². The van der Waals surface area contributed by atoms with Crippen LogP contribution in [0.15, 0.2) is 18.2 Å². The number of hydrogen-bond acceptors (Lipinski definition) is 4. The van der Waals surface area contributed by atoms with Gasteiger partial charge in [0.1, 0.15) is 5.75 Å². The van der Waals surface area contributed by atoms with Gasteiger partial charge in [0.25, 0.3) is 0 Å². The van der Waals surface area contributed by atoms with Gasteiger partial charge in [-0.05, 0) is 45.0 Å². The van der Waals surface area contributed by atoms with Gasteiger partial charge in [-0.25, -0.2) is 0 Å². The molecule has 1 aromatic rings. The average Bonchev–Trinajstić information content (AvgIpc) is 3.21. The second kappa shape index (κ2) is 5.48. The first-order valence-corrected chi connectivity index (χ1v) is 6.49. The quantitative estimate of drug-likeness (QED) is 0.793. The highest BCUT2D eigenvalue weighted by Gasteiger charge is 2.32. The molecule has 3 N–H and O–H groups in total. The van der Waals surface area contributed by atoms with Gasteiger partial charge >= 0.3 is 0 Å². The highest BCUT2D eigenvalue weighted by molar-refractivity contribution is 5.96. The number of hydrogen-bond donors (Lipinski definition) is 2. The van der Waals surface area contributed by atoms with Crippen LogP contribution in [0.25, 0.3) is 0 Å². The molecule has 0 saturated heterocycles. The zero-order valence-corrected chi connectivity index (χ0v) is 11.6. The topological polar surface area (TPSA) is 67.6 Å². The number of nitrogens with one attached hydrogen (secondary N) is 1. The van der Waals surface area contributed by atoms with Gasteiger partial charge in [0.2, 0.25) is 5.91 Å². The Morgan fingerprint density at radius 2 is 2.21 bits per heavy atom. The highest BCUT2D eigenvalue weighted by atomic mass is 16.5. The highest BCUT2D eigenvalue weighted by Crippen LogP contribution is 2.29. The molecule has 0 bridgehead atoms. The van der Waals surface area contributed by atoms with Crippen LogP contribution in [-0.4, -0.2) is 37.0 Å². The largest absolute Gasteiger partial charge is 0.495 e. The lowest BCUT2D eigenvalue weighted by Gasteiger charge is -2.24. The molecule has 1 amide bonds. The average molecular weight is 263 g/mol. The van der Waals surface area contributed by atoms with Gasteiger partial charge < -0.3 is 15.8 Å². The minimum atomic E-state index is -0.168. The predicted octanol–water partition coefficient (Wildman–Crippen LogP) is 1.70. The fourth-order valence-electron chi connectivity index (χ4n) is 2.04. The Kier molecular flexibility index (Phi) is 3.95. The van der Waals surface area contributed by atoms with E-state index in [1.807, 2.05) is 14.0 Å². The van der Waals surface area contributed by atoms with Crippen LogP contribution in [0.4, 0.5) is 11.4 Å². The molecule has 19 heavy (non-hydrogen) atoms. The molecule has 2 rings (SSSR count). The van der Waals surface area contributed by atoms with Crippen LogP contribution in [-0.2, 0) is 4.79 Å². The molecular formula is C14H21N3O2. The number of benzene rings is 1. The smallest absolute Gasteiger partial charge is 0.241 e. The Hall–Kier alpha value is -1.75. The van der Waals surface area contributed by atoms with E-state index in [0.717, 1.165) is 0 Å². The summed E-state index contributed by atoms with van der Waals surface area (Å²) in [6.07, 6.45) is 2.35. The molecule has 1 aliphatic rings. The van der Waals surface area contributed by atoms with E-state index in [-0.39, 0.29) is 11.9 Å². The van der Waals surface area contributed by atoms with Gasteiger partial charge in [-0.2, -0.15) is 0 Å². The van der Waals surface area contributed by atoms with E-state index in [2.05, 4.69) is 10.2 Å². The second-order valence-electron chi connectivity index (χ2n) is 5.02. The van der Waals surface area contributed by atoms with Gasteiger partial charge in [-0.15, -0.1) is 0 Å². The van der Waals surface area contributed by atoms with Crippen molar-refractivity contribution in [1.29, 1.82) is 0 Å². The maximum Gasteiger partial charge on any atom is 0.241 e. The van der Waals surface area contributed by atoms with E-state index in [4.69, 9.17) is 10.5 Å². The van der Waals surface area contributed by atoms with Gasteiger partial charge in [-0.3, -0.25) is 9.69 Å². The number of carbonyl (C=O) groups excluding carboxylic acids is 1. The monoisotopic (exact) mass is 263 g/mol. The number of likely N-dealkylation sites (N-methyl/N-ethyl adjacent to an activating group) is 1. The van der Waals surface area contributed by atoms with Gasteiger partial charge in [-0.1, -0.05) is 0 Å². The second-order valence-corrected chi connectivity index (χ2v) is 5.02. The fourth-order valence-corrected chi connectivity index (χ4v) is 2.04. The third-order valence-electron chi connectivity index (χ3n) is 3.59. The van der Waals surface area contributed by atoms with Crippen molar-refractivity contribution in [3.63, 3.8) is 0 Å². The summed E-state index contributed by atoms with van der Waals surface area (Å²) in [6, 6.07) is 5.58. The predicted molar refractivity (Wildman–Crippen MR) is 76.3 cm³/mol. The molecule has 0 radical (unpaired) electrons. The minimum Gasteiger partial charge on any atom is -0.495 e. The van der Waals surface area contributed by atoms with Crippen LogP contribution in [0.1, 0.15) is 19.8 Å². The number of rotatable bonds is 5. The van der Waals surface area contributed by atoms with Crippen molar-refractivity contribution in [2.24, 2.45) is 0 Å². The first-order chi connectivity index (χ1) is 9.02. The summed E-state index contributed by atoms with van der Waals surface area (Å²) in [6.45, 7) is 1.91. The standard InChI is InChI=1S/C14H21N3O2/c1-9(17(2)11-5-6-11)14(18)16-12-8-10(15)4-7-13(12)19-3/h4,7-9,11H,5-6,15H2,1-3H3,(H,16,18). The van der Waals surface area contributed by atoms with Gasteiger partial charge in [0, 0.05) is 11.7 Å². The number of carbonyl (C=O) groups is 1. The van der Waals surface area contributed by atoms with Crippen LogP contribution in [0, 0.1) is 0 Å². The van der Waals surface area contributed by atoms with Crippen LogP contribution in [0.5, 0.6) is 5.75 Å². The van der Waals surface area contributed by atoms with Crippen molar-refractivity contribution in [2.45, 2.75) is 31.8 Å². The van der Waals surface area contributed by atoms with Crippen molar-refractivity contribution in [3.05, 3.63) is 18.2 Å². The lowest BCUT2D eigenvalue weighted by Crippen LogP contribution is -2.40. The fraction of sp³-hybridized carbons (Fsp3) is 0.500. The number of amides is 1. The Morgan fingerprint density at radius 3 is 2.79 bits per heavy atom. The number of nitrogens with zero attached hydrogens (tertiary/aromatic N) is 1. The number of methoxy groups -OCH3 is 1. The molecule has 1 unspecified atom stereocenters. The van der Waals surface area contributed by atoms with E-state index in [1.54, 1.807) is 25.3 Å². The molecule has 1 aromatic carbocycles. The molecule has 5 heteroatoms. The van der Waals surface area contributed by atoms with E-state index in [9.17, 15) is 4.79 Å². The van der Waals surface area contributed by atoms with Crippen LogP contribution in [0.3, 0.4) is 0 Å². The van der Waals surface area contributed by atoms with E-state index in [0.29, 0.717) is 23.2 Å². The molecule has 0 aromatic heterocycles. The lowest BCUT2D eigenvalue weighted by atomic mass is 10.2. The first kappa shape index (κ1) is 13.7. The number of ether oxygens (including phenoxy) is 1. The third kappa shape index (κ3) is 3.17. The maximum absolute atomic E-state index is 12.2. The summed E-state index contributed by atoms with van der Waals surface area (Å²) in [5, 5.41) is 2.88. The number of anilines is 2. The van der Waals surface area contributed by atoms with E-state index in [1.165, 1.54) is 12.8 Å². The Morgan fingerprint density at radius 1 is 1.53 bits per heavy atom. The van der Waals surface area contributed by atoms with Crippen LogP contribution < -0.4 is 15.8 Å². The van der Waals surface area contributed by atoms with Crippen LogP contribution >= 0.6 is 0 Å². The molecule has 0 heterocycles. The lowest BCUT2D eigenvalue weighted by molar-refractivity contribution is -0.120. The minimum absolute atomic E-state index is 0.0432. The van der Waals surface area contributed by atoms with Crippen molar-refractivity contribution in [3.8, 4) is 5.75 Å².